The highest BCUT2D eigenvalue weighted by atomic mass is 32.2. The van der Waals surface area contributed by atoms with Crippen LogP contribution in [0.2, 0.25) is 0 Å². The molecule has 4 rings (SSSR count). The zero-order chi connectivity index (χ0) is 23.8. The highest BCUT2D eigenvalue weighted by molar-refractivity contribution is 7.97. The number of benzene rings is 2. The number of pyridine rings is 1. The van der Waals surface area contributed by atoms with E-state index in [1.807, 2.05) is 18.2 Å². The number of rotatable bonds is 13. The number of unbranched alkanes of at least 4 members (excludes halogenated alkanes) is 2. The fraction of sp³-hybridized carbons (Fsp3) is 0.407. The highest BCUT2D eigenvalue weighted by Crippen LogP contribution is 2.29. The van der Waals surface area contributed by atoms with Gasteiger partial charge in [-0.15, -0.1) is 0 Å². The molecule has 180 valence electrons. The van der Waals surface area contributed by atoms with Crippen LogP contribution in [-0.4, -0.2) is 34.8 Å². The van der Waals surface area contributed by atoms with Crippen molar-refractivity contribution in [2.75, 3.05) is 26.0 Å². The average molecular weight is 478 g/mol. The molecule has 2 aromatic carbocycles. The SMILES string of the molecule is CCCCc1ccc(SNCCCCn2c(CCOC)nc3c(N)nc4ccccc4c32)cc1. The summed E-state index contributed by atoms with van der Waals surface area (Å²) in [6, 6.07) is 17.1. The van der Waals surface area contributed by atoms with Gasteiger partial charge in [0, 0.05) is 36.9 Å². The van der Waals surface area contributed by atoms with Crippen molar-refractivity contribution in [3.8, 4) is 0 Å². The molecule has 4 aromatic rings. The van der Waals surface area contributed by atoms with E-state index in [1.54, 1.807) is 19.1 Å². The molecule has 0 saturated carbocycles. The molecule has 0 aliphatic rings. The van der Waals surface area contributed by atoms with Crippen LogP contribution in [0.5, 0.6) is 0 Å². The van der Waals surface area contributed by atoms with Gasteiger partial charge in [0.2, 0.25) is 0 Å². The lowest BCUT2D eigenvalue weighted by molar-refractivity contribution is 0.199. The number of nitrogens with one attached hydrogen (secondary N) is 1. The van der Waals surface area contributed by atoms with E-state index in [1.165, 1.54) is 29.7 Å². The Bertz CT molecular complexity index is 1210. The van der Waals surface area contributed by atoms with Crippen molar-refractivity contribution in [1.82, 2.24) is 19.3 Å². The summed E-state index contributed by atoms with van der Waals surface area (Å²) in [6.45, 7) is 4.71. The molecule has 0 unspecified atom stereocenters. The van der Waals surface area contributed by atoms with E-state index in [0.29, 0.717) is 12.4 Å². The Hall–Kier alpha value is -2.61. The largest absolute Gasteiger partial charge is 0.384 e. The number of imidazole rings is 1. The van der Waals surface area contributed by atoms with Crippen molar-refractivity contribution in [1.29, 1.82) is 0 Å². The smallest absolute Gasteiger partial charge is 0.152 e. The Kier molecular flexibility index (Phi) is 8.79. The van der Waals surface area contributed by atoms with Gasteiger partial charge < -0.3 is 15.0 Å². The number of anilines is 1. The maximum atomic E-state index is 6.29. The van der Waals surface area contributed by atoms with E-state index >= 15 is 0 Å². The van der Waals surface area contributed by atoms with Crippen LogP contribution < -0.4 is 10.5 Å². The molecule has 0 atom stereocenters. The molecule has 3 N–H and O–H groups in total. The maximum absolute atomic E-state index is 6.29. The van der Waals surface area contributed by atoms with Crippen LogP contribution in [-0.2, 0) is 24.1 Å². The number of hydrogen-bond donors (Lipinski definition) is 2. The molecule has 0 saturated heterocycles. The topological polar surface area (TPSA) is 78.0 Å². The van der Waals surface area contributed by atoms with E-state index in [2.05, 4.69) is 51.5 Å². The number of ether oxygens (including phenoxy) is 1. The molecular formula is C27H35N5OS. The number of aryl methyl sites for hydroxylation is 2. The van der Waals surface area contributed by atoms with Gasteiger partial charge in [0.05, 0.1) is 17.6 Å². The Labute approximate surface area is 206 Å². The second kappa shape index (κ2) is 12.2. The summed E-state index contributed by atoms with van der Waals surface area (Å²) in [5.41, 5.74) is 10.5. The van der Waals surface area contributed by atoms with Crippen molar-refractivity contribution in [2.24, 2.45) is 0 Å². The van der Waals surface area contributed by atoms with Crippen molar-refractivity contribution >= 4 is 39.7 Å². The molecule has 0 radical (unpaired) electrons. The van der Waals surface area contributed by atoms with Gasteiger partial charge in [-0.05, 0) is 61.4 Å². The first kappa shape index (κ1) is 24.5. The molecule has 0 bridgehead atoms. The molecule has 34 heavy (non-hydrogen) atoms. The van der Waals surface area contributed by atoms with Crippen molar-refractivity contribution in [3.63, 3.8) is 0 Å². The lowest BCUT2D eigenvalue weighted by Crippen LogP contribution is -2.10. The second-order valence-electron chi connectivity index (χ2n) is 8.58. The van der Waals surface area contributed by atoms with Gasteiger partial charge in [-0.3, -0.25) is 4.72 Å². The third-order valence-corrected chi connectivity index (χ3v) is 6.92. The molecule has 0 fully saturated rings. The predicted molar refractivity (Wildman–Crippen MR) is 143 cm³/mol. The zero-order valence-corrected chi connectivity index (χ0v) is 21.0. The first-order chi connectivity index (χ1) is 16.7. The standard InChI is InChI=1S/C27H35N5OS/c1-3-4-9-20-12-14-21(15-13-20)34-29-17-7-8-18-32-24(16-19-33-2)31-25-26(32)22-10-5-6-11-23(22)30-27(25)28/h5-6,10-15,29H,3-4,7-9,16-19H2,1-2H3,(H2,28,30). The van der Waals surface area contributed by atoms with Crippen LogP contribution in [0.1, 0.15) is 44.0 Å². The summed E-state index contributed by atoms with van der Waals surface area (Å²) in [7, 11) is 1.72. The van der Waals surface area contributed by atoms with Gasteiger partial charge in [0.25, 0.3) is 0 Å². The molecule has 0 aliphatic carbocycles. The molecule has 0 aliphatic heterocycles. The van der Waals surface area contributed by atoms with Crippen LogP contribution in [0, 0.1) is 0 Å². The third-order valence-electron chi connectivity index (χ3n) is 6.06. The third kappa shape index (κ3) is 5.90. The molecular weight excluding hydrogens is 442 g/mol. The van der Waals surface area contributed by atoms with Crippen LogP contribution in [0.4, 0.5) is 5.82 Å². The molecule has 7 heteroatoms. The van der Waals surface area contributed by atoms with E-state index in [4.69, 9.17) is 15.5 Å². The number of nitrogens with two attached hydrogens (primary N) is 1. The number of nitrogen functional groups attached to an aromatic ring is 1. The first-order valence-electron chi connectivity index (χ1n) is 12.2. The molecule has 0 spiro atoms. The average Bonchev–Trinajstić information content (AvgIpc) is 3.23. The Morgan fingerprint density at radius 2 is 1.82 bits per heavy atom. The predicted octanol–water partition coefficient (Wildman–Crippen LogP) is 5.78. The molecule has 6 nitrogen and oxygen atoms in total. The van der Waals surface area contributed by atoms with Crippen LogP contribution in [0.25, 0.3) is 21.9 Å². The maximum Gasteiger partial charge on any atom is 0.152 e. The van der Waals surface area contributed by atoms with Gasteiger partial charge in [-0.2, -0.15) is 0 Å². The fourth-order valence-corrected chi connectivity index (χ4v) is 4.92. The van der Waals surface area contributed by atoms with Gasteiger partial charge in [0.15, 0.2) is 5.82 Å². The van der Waals surface area contributed by atoms with Crippen molar-refractivity contribution in [2.45, 2.75) is 56.9 Å². The fourth-order valence-electron chi connectivity index (χ4n) is 4.24. The quantitative estimate of drug-likeness (QED) is 0.188. The summed E-state index contributed by atoms with van der Waals surface area (Å²) >= 11 is 1.71. The summed E-state index contributed by atoms with van der Waals surface area (Å²) in [5.74, 6) is 1.50. The number of para-hydroxylation sites is 1. The number of methoxy groups -OCH3 is 1. The summed E-state index contributed by atoms with van der Waals surface area (Å²) < 4.78 is 11.2. The Morgan fingerprint density at radius 1 is 1.00 bits per heavy atom. The van der Waals surface area contributed by atoms with Gasteiger partial charge in [-0.1, -0.05) is 43.7 Å². The second-order valence-corrected chi connectivity index (χ2v) is 9.55. The summed E-state index contributed by atoms with van der Waals surface area (Å²) in [4.78, 5) is 10.7. The number of nitrogens with zero attached hydrogens (tertiary/aromatic N) is 3. The molecule has 2 aromatic heterocycles. The first-order valence-corrected chi connectivity index (χ1v) is 13.0. The lowest BCUT2D eigenvalue weighted by Gasteiger charge is -2.11. The molecule has 0 amide bonds. The molecule has 2 heterocycles. The monoisotopic (exact) mass is 477 g/mol. The van der Waals surface area contributed by atoms with E-state index in [9.17, 15) is 0 Å². The number of aromatic nitrogens is 3. The van der Waals surface area contributed by atoms with E-state index in [0.717, 1.165) is 60.1 Å². The Morgan fingerprint density at radius 3 is 2.62 bits per heavy atom. The normalized spacial score (nSPS) is 11.6. The van der Waals surface area contributed by atoms with E-state index < -0.39 is 0 Å². The number of fused-ring (bicyclic) bond motifs is 3. The van der Waals surface area contributed by atoms with Crippen LogP contribution >= 0.6 is 11.9 Å². The minimum Gasteiger partial charge on any atom is -0.384 e. The minimum absolute atomic E-state index is 0.491. The summed E-state index contributed by atoms with van der Waals surface area (Å²) in [5, 5.41) is 1.10. The Balaban J connectivity index is 1.38. The van der Waals surface area contributed by atoms with Crippen LogP contribution in [0.15, 0.2) is 53.4 Å². The number of hydrogen-bond acceptors (Lipinski definition) is 6. The summed E-state index contributed by atoms with van der Waals surface area (Å²) in [6.07, 6.45) is 6.53. The van der Waals surface area contributed by atoms with Crippen molar-refractivity contribution < 1.29 is 4.74 Å². The van der Waals surface area contributed by atoms with Gasteiger partial charge in [0.1, 0.15) is 11.3 Å². The van der Waals surface area contributed by atoms with E-state index in [-0.39, 0.29) is 0 Å². The highest BCUT2D eigenvalue weighted by Gasteiger charge is 2.16. The van der Waals surface area contributed by atoms with Crippen molar-refractivity contribution in [3.05, 3.63) is 59.9 Å². The zero-order valence-electron chi connectivity index (χ0n) is 20.2. The van der Waals surface area contributed by atoms with Crippen LogP contribution in [0.3, 0.4) is 0 Å². The van der Waals surface area contributed by atoms with Gasteiger partial charge >= 0.3 is 0 Å². The lowest BCUT2D eigenvalue weighted by atomic mass is 10.1. The minimum atomic E-state index is 0.491. The van der Waals surface area contributed by atoms with Gasteiger partial charge in [-0.25, -0.2) is 9.97 Å².